The molecule has 0 bridgehead atoms. The Labute approximate surface area is 126 Å². The average molecular weight is 295 g/mol. The third kappa shape index (κ3) is 2.24. The monoisotopic (exact) mass is 295 g/mol. The molecule has 1 aromatic heterocycles. The Morgan fingerprint density at radius 1 is 1.23 bits per heavy atom. The van der Waals surface area contributed by atoms with Gasteiger partial charge in [-0.05, 0) is 30.3 Å². The number of para-hydroxylation sites is 2. The van der Waals surface area contributed by atoms with Gasteiger partial charge in [-0.3, -0.25) is 9.89 Å². The van der Waals surface area contributed by atoms with E-state index in [1.165, 1.54) is 0 Å². The predicted molar refractivity (Wildman–Crippen MR) is 81.1 cm³/mol. The summed E-state index contributed by atoms with van der Waals surface area (Å²) in [5.74, 6) is 0.997. The summed E-state index contributed by atoms with van der Waals surface area (Å²) < 4.78 is 11.2. The van der Waals surface area contributed by atoms with E-state index in [0.29, 0.717) is 17.2 Å². The maximum atomic E-state index is 12.3. The molecule has 0 spiro atoms. The molecule has 2 aromatic carbocycles. The lowest BCUT2D eigenvalue weighted by atomic mass is 10.2. The highest BCUT2D eigenvalue weighted by Crippen LogP contribution is 2.31. The quantitative estimate of drug-likeness (QED) is 0.761. The smallest absolute Gasteiger partial charge is 0.269 e. The Hall–Kier alpha value is -3.02. The lowest BCUT2D eigenvalue weighted by Gasteiger charge is -2.25. The topological polar surface area (TPSA) is 76.2 Å². The van der Waals surface area contributed by atoms with Crippen LogP contribution < -0.4 is 14.8 Å². The van der Waals surface area contributed by atoms with Crippen molar-refractivity contribution in [1.29, 1.82) is 0 Å². The number of hydrogen-bond acceptors (Lipinski definition) is 4. The fourth-order valence-electron chi connectivity index (χ4n) is 2.39. The molecule has 6 heteroatoms. The van der Waals surface area contributed by atoms with Crippen molar-refractivity contribution < 1.29 is 14.3 Å². The fourth-order valence-corrected chi connectivity index (χ4v) is 2.39. The van der Waals surface area contributed by atoms with Crippen LogP contribution in [0.2, 0.25) is 0 Å². The number of aromatic nitrogens is 2. The number of aromatic amines is 1. The van der Waals surface area contributed by atoms with Gasteiger partial charge >= 0.3 is 0 Å². The molecule has 2 heterocycles. The van der Waals surface area contributed by atoms with Crippen molar-refractivity contribution in [2.45, 2.75) is 6.10 Å². The van der Waals surface area contributed by atoms with Gasteiger partial charge in [-0.25, -0.2) is 0 Å². The van der Waals surface area contributed by atoms with Gasteiger partial charge in [-0.2, -0.15) is 5.10 Å². The molecule has 110 valence electrons. The molecule has 0 saturated heterocycles. The third-order valence-electron chi connectivity index (χ3n) is 3.51. The Balaban J connectivity index is 1.50. The molecule has 4 rings (SSSR count). The van der Waals surface area contributed by atoms with Gasteiger partial charge in [0.05, 0.1) is 11.7 Å². The summed E-state index contributed by atoms with van der Waals surface area (Å²) in [5, 5.41) is 10.6. The molecule has 0 aliphatic carbocycles. The number of carbonyl (C=O) groups is 1. The SMILES string of the molecule is O=C(Nc1ccc2cn[nH]c2c1)C1COc2ccccc2O1. The van der Waals surface area contributed by atoms with Gasteiger partial charge in [0.15, 0.2) is 11.5 Å². The molecule has 1 aliphatic rings. The summed E-state index contributed by atoms with van der Waals surface area (Å²) in [6.45, 7) is 0.190. The van der Waals surface area contributed by atoms with Crippen LogP contribution in [0.25, 0.3) is 10.9 Å². The molecule has 0 radical (unpaired) electrons. The number of anilines is 1. The third-order valence-corrected chi connectivity index (χ3v) is 3.51. The Morgan fingerprint density at radius 2 is 2.09 bits per heavy atom. The minimum Gasteiger partial charge on any atom is -0.485 e. The van der Waals surface area contributed by atoms with Gasteiger partial charge in [0.25, 0.3) is 5.91 Å². The van der Waals surface area contributed by atoms with Crippen LogP contribution in [0.3, 0.4) is 0 Å². The first-order valence-electron chi connectivity index (χ1n) is 6.92. The minimum atomic E-state index is -0.674. The van der Waals surface area contributed by atoms with E-state index in [0.717, 1.165) is 10.9 Å². The van der Waals surface area contributed by atoms with Gasteiger partial charge < -0.3 is 14.8 Å². The van der Waals surface area contributed by atoms with Crippen LogP contribution >= 0.6 is 0 Å². The second kappa shape index (κ2) is 5.07. The number of ether oxygens (including phenoxy) is 2. The maximum absolute atomic E-state index is 12.3. The first-order chi connectivity index (χ1) is 10.8. The summed E-state index contributed by atoms with van der Waals surface area (Å²) in [6.07, 6.45) is 1.06. The number of amides is 1. The molecule has 0 saturated carbocycles. The van der Waals surface area contributed by atoms with Crippen molar-refractivity contribution in [2.24, 2.45) is 0 Å². The molecule has 1 amide bonds. The highest BCUT2D eigenvalue weighted by atomic mass is 16.6. The zero-order valence-electron chi connectivity index (χ0n) is 11.6. The van der Waals surface area contributed by atoms with Gasteiger partial charge in [-0.15, -0.1) is 0 Å². The Bertz CT molecular complexity index is 843. The number of fused-ring (bicyclic) bond motifs is 2. The number of carbonyl (C=O) groups excluding carboxylic acids is 1. The van der Waals surface area contributed by atoms with Crippen LogP contribution in [-0.2, 0) is 4.79 Å². The number of hydrogen-bond donors (Lipinski definition) is 2. The van der Waals surface area contributed by atoms with Crippen LogP contribution in [0.5, 0.6) is 11.5 Å². The van der Waals surface area contributed by atoms with Crippen LogP contribution in [0.15, 0.2) is 48.7 Å². The molecule has 1 atom stereocenters. The zero-order valence-corrected chi connectivity index (χ0v) is 11.6. The molecule has 22 heavy (non-hydrogen) atoms. The van der Waals surface area contributed by atoms with Gasteiger partial charge in [0, 0.05) is 11.1 Å². The Kier molecular flexibility index (Phi) is 2.93. The number of benzene rings is 2. The lowest BCUT2D eigenvalue weighted by Crippen LogP contribution is -2.40. The molecule has 6 nitrogen and oxygen atoms in total. The van der Waals surface area contributed by atoms with Crippen molar-refractivity contribution in [3.63, 3.8) is 0 Å². The van der Waals surface area contributed by atoms with E-state index < -0.39 is 6.10 Å². The van der Waals surface area contributed by atoms with E-state index in [-0.39, 0.29) is 12.5 Å². The number of rotatable bonds is 2. The van der Waals surface area contributed by atoms with Crippen molar-refractivity contribution in [1.82, 2.24) is 10.2 Å². The predicted octanol–water partition coefficient (Wildman–Crippen LogP) is 2.34. The summed E-state index contributed by atoms with van der Waals surface area (Å²) in [7, 11) is 0. The van der Waals surface area contributed by atoms with E-state index in [1.54, 1.807) is 12.3 Å². The fraction of sp³-hybridized carbons (Fsp3) is 0.125. The van der Waals surface area contributed by atoms with Crippen LogP contribution in [0, 0.1) is 0 Å². The van der Waals surface area contributed by atoms with Gasteiger partial charge in [-0.1, -0.05) is 12.1 Å². The van der Waals surface area contributed by atoms with E-state index in [4.69, 9.17) is 9.47 Å². The normalized spacial score (nSPS) is 16.5. The highest BCUT2D eigenvalue weighted by molar-refractivity contribution is 5.96. The van der Waals surface area contributed by atoms with Crippen LogP contribution in [0.4, 0.5) is 5.69 Å². The summed E-state index contributed by atoms with van der Waals surface area (Å²) in [4.78, 5) is 12.3. The molecule has 1 unspecified atom stereocenters. The number of nitrogens with one attached hydrogen (secondary N) is 2. The van der Waals surface area contributed by atoms with E-state index in [2.05, 4.69) is 15.5 Å². The number of nitrogens with zero attached hydrogens (tertiary/aromatic N) is 1. The molecule has 2 N–H and O–H groups in total. The summed E-state index contributed by atoms with van der Waals surface area (Å²) in [6, 6.07) is 12.9. The zero-order chi connectivity index (χ0) is 14.9. The van der Waals surface area contributed by atoms with Crippen LogP contribution in [-0.4, -0.2) is 28.8 Å². The minimum absolute atomic E-state index is 0.190. The van der Waals surface area contributed by atoms with Gasteiger partial charge in [0.2, 0.25) is 6.10 Å². The maximum Gasteiger partial charge on any atom is 0.269 e. The molecule has 0 fully saturated rings. The largest absolute Gasteiger partial charge is 0.485 e. The van der Waals surface area contributed by atoms with Gasteiger partial charge in [0.1, 0.15) is 6.61 Å². The standard InChI is InChI=1S/C16H13N3O3/c20-16(15-9-21-13-3-1-2-4-14(13)22-15)18-11-6-5-10-8-17-19-12(10)7-11/h1-8,15H,9H2,(H,17,19)(H,18,20). The summed E-state index contributed by atoms with van der Waals surface area (Å²) >= 11 is 0. The lowest BCUT2D eigenvalue weighted by molar-refractivity contribution is -0.125. The molecular formula is C16H13N3O3. The van der Waals surface area contributed by atoms with E-state index in [1.807, 2.05) is 36.4 Å². The van der Waals surface area contributed by atoms with E-state index >= 15 is 0 Å². The molecule has 1 aliphatic heterocycles. The van der Waals surface area contributed by atoms with Crippen molar-refractivity contribution in [2.75, 3.05) is 11.9 Å². The second-order valence-corrected chi connectivity index (χ2v) is 5.03. The first-order valence-corrected chi connectivity index (χ1v) is 6.92. The Morgan fingerprint density at radius 3 is 3.00 bits per heavy atom. The molecule has 3 aromatic rings. The van der Waals surface area contributed by atoms with Crippen LogP contribution in [0.1, 0.15) is 0 Å². The highest BCUT2D eigenvalue weighted by Gasteiger charge is 2.27. The second-order valence-electron chi connectivity index (χ2n) is 5.03. The first kappa shape index (κ1) is 12.7. The summed E-state index contributed by atoms with van der Waals surface area (Å²) in [5.41, 5.74) is 1.55. The van der Waals surface area contributed by atoms with Crippen molar-refractivity contribution in [3.8, 4) is 11.5 Å². The molecular weight excluding hydrogens is 282 g/mol. The van der Waals surface area contributed by atoms with Crippen molar-refractivity contribution in [3.05, 3.63) is 48.7 Å². The number of H-pyrrole nitrogens is 1. The van der Waals surface area contributed by atoms with E-state index in [9.17, 15) is 4.79 Å². The van der Waals surface area contributed by atoms with Crippen molar-refractivity contribution >= 4 is 22.5 Å². The average Bonchev–Trinajstić information content (AvgIpc) is 3.02.